The Balaban J connectivity index is 0.00000288. The second-order valence-corrected chi connectivity index (χ2v) is 5.76. The summed E-state index contributed by atoms with van der Waals surface area (Å²) < 4.78 is 28.5. The predicted molar refractivity (Wildman–Crippen MR) is 91.9 cm³/mol. The summed E-state index contributed by atoms with van der Waals surface area (Å²) in [6, 6.07) is 6.77. The van der Waals surface area contributed by atoms with E-state index < -0.39 is 6.61 Å². The highest BCUT2D eigenvalue weighted by Gasteiger charge is 2.25. The molecule has 24 heavy (non-hydrogen) atoms. The SMILES string of the molecule is CCCN(C(=O)CCc1ccc(OC(F)F)cc1)C1CCNC1.Cl. The molecule has 1 aromatic carbocycles. The van der Waals surface area contributed by atoms with Crippen LogP contribution in [0.15, 0.2) is 24.3 Å². The molecule has 0 bridgehead atoms. The van der Waals surface area contributed by atoms with Gasteiger partial charge in [-0.15, -0.1) is 12.4 Å². The first-order chi connectivity index (χ1) is 11.1. The van der Waals surface area contributed by atoms with Crippen LogP contribution < -0.4 is 10.1 Å². The van der Waals surface area contributed by atoms with Gasteiger partial charge in [-0.2, -0.15) is 8.78 Å². The number of carbonyl (C=O) groups is 1. The van der Waals surface area contributed by atoms with Gasteiger partial charge in [0.2, 0.25) is 5.91 Å². The third-order valence-corrected chi connectivity index (χ3v) is 4.04. The van der Waals surface area contributed by atoms with Gasteiger partial charge in [-0.3, -0.25) is 4.79 Å². The minimum atomic E-state index is -2.81. The summed E-state index contributed by atoms with van der Waals surface area (Å²) in [6.45, 7) is 1.87. The molecule has 1 aliphatic heterocycles. The van der Waals surface area contributed by atoms with Crippen LogP contribution in [0.3, 0.4) is 0 Å². The van der Waals surface area contributed by atoms with Crippen molar-refractivity contribution in [3.8, 4) is 5.75 Å². The van der Waals surface area contributed by atoms with Crippen LogP contribution in [0.1, 0.15) is 31.7 Å². The van der Waals surface area contributed by atoms with Crippen LogP contribution in [0.5, 0.6) is 5.75 Å². The second-order valence-electron chi connectivity index (χ2n) is 5.76. The maximum atomic E-state index is 12.5. The lowest BCUT2D eigenvalue weighted by Gasteiger charge is -2.28. The van der Waals surface area contributed by atoms with E-state index in [4.69, 9.17) is 0 Å². The highest BCUT2D eigenvalue weighted by molar-refractivity contribution is 5.85. The molecule has 1 aliphatic rings. The minimum absolute atomic E-state index is 0. The fourth-order valence-corrected chi connectivity index (χ4v) is 2.89. The molecule has 1 heterocycles. The highest BCUT2D eigenvalue weighted by atomic mass is 35.5. The van der Waals surface area contributed by atoms with E-state index in [2.05, 4.69) is 17.0 Å². The number of benzene rings is 1. The quantitative estimate of drug-likeness (QED) is 0.772. The fraction of sp³-hybridized carbons (Fsp3) is 0.588. The van der Waals surface area contributed by atoms with Gasteiger partial charge in [-0.05, 0) is 43.5 Å². The van der Waals surface area contributed by atoms with E-state index in [1.54, 1.807) is 12.1 Å². The fourth-order valence-electron chi connectivity index (χ4n) is 2.89. The lowest BCUT2D eigenvalue weighted by molar-refractivity contribution is -0.133. The number of nitrogens with one attached hydrogen (secondary N) is 1. The van der Waals surface area contributed by atoms with Crippen LogP contribution in [-0.2, 0) is 11.2 Å². The standard InChI is InChI=1S/C17H24F2N2O2.ClH/c1-2-11-21(14-9-10-20-12-14)16(22)8-5-13-3-6-15(7-4-13)23-17(18)19;/h3-4,6-7,14,17,20H,2,5,8-12H2,1H3;1H. The zero-order valence-corrected chi connectivity index (χ0v) is 14.7. The third-order valence-electron chi connectivity index (χ3n) is 4.04. The number of amides is 1. The first kappa shape index (κ1) is 20.6. The minimum Gasteiger partial charge on any atom is -0.435 e. The van der Waals surface area contributed by atoms with E-state index in [1.807, 2.05) is 4.90 Å². The topological polar surface area (TPSA) is 41.6 Å². The van der Waals surface area contributed by atoms with E-state index in [-0.39, 0.29) is 24.1 Å². The summed E-state index contributed by atoms with van der Waals surface area (Å²) in [5, 5.41) is 3.29. The van der Waals surface area contributed by atoms with Crippen molar-refractivity contribution >= 4 is 18.3 Å². The van der Waals surface area contributed by atoms with Gasteiger partial charge in [0.25, 0.3) is 0 Å². The molecule has 0 aromatic heterocycles. The smallest absolute Gasteiger partial charge is 0.387 e. The summed E-state index contributed by atoms with van der Waals surface area (Å²) in [5.74, 6) is 0.299. The Morgan fingerprint density at radius 2 is 2.08 bits per heavy atom. The number of hydrogen-bond acceptors (Lipinski definition) is 3. The Labute approximate surface area is 148 Å². The average molecular weight is 363 g/mol. The summed E-state index contributed by atoms with van der Waals surface area (Å²) >= 11 is 0. The van der Waals surface area contributed by atoms with E-state index in [0.717, 1.165) is 38.0 Å². The Morgan fingerprint density at radius 3 is 2.62 bits per heavy atom. The maximum absolute atomic E-state index is 12.5. The van der Waals surface area contributed by atoms with Gasteiger partial charge < -0.3 is 15.0 Å². The van der Waals surface area contributed by atoms with Crippen molar-refractivity contribution in [3.63, 3.8) is 0 Å². The third kappa shape index (κ3) is 6.24. The number of aryl methyl sites for hydroxylation is 1. The van der Waals surface area contributed by atoms with Gasteiger partial charge in [-0.1, -0.05) is 19.1 Å². The number of alkyl halides is 2. The molecule has 0 radical (unpaired) electrons. The van der Waals surface area contributed by atoms with Crippen LogP contribution >= 0.6 is 12.4 Å². The molecule has 1 atom stereocenters. The van der Waals surface area contributed by atoms with Crippen LogP contribution in [0.4, 0.5) is 8.78 Å². The van der Waals surface area contributed by atoms with E-state index in [0.29, 0.717) is 18.9 Å². The zero-order chi connectivity index (χ0) is 16.7. The van der Waals surface area contributed by atoms with Gasteiger partial charge in [0, 0.05) is 25.6 Å². The molecule has 1 amide bonds. The molecule has 0 aliphatic carbocycles. The van der Waals surface area contributed by atoms with Crippen molar-refractivity contribution in [2.45, 2.75) is 45.3 Å². The predicted octanol–water partition coefficient (Wildman–Crippen LogP) is 3.24. The molecule has 1 fully saturated rings. The first-order valence-corrected chi connectivity index (χ1v) is 8.14. The number of nitrogens with zero attached hydrogens (tertiary/aromatic N) is 1. The van der Waals surface area contributed by atoms with Crippen molar-refractivity contribution in [1.29, 1.82) is 0 Å². The largest absolute Gasteiger partial charge is 0.435 e. The van der Waals surface area contributed by atoms with E-state index in [9.17, 15) is 13.6 Å². The van der Waals surface area contributed by atoms with Crippen LogP contribution in [-0.4, -0.2) is 43.1 Å². The van der Waals surface area contributed by atoms with Gasteiger partial charge in [0.1, 0.15) is 5.75 Å². The van der Waals surface area contributed by atoms with Gasteiger partial charge >= 0.3 is 6.61 Å². The highest BCUT2D eigenvalue weighted by Crippen LogP contribution is 2.17. The van der Waals surface area contributed by atoms with E-state index in [1.165, 1.54) is 12.1 Å². The second kappa shape index (κ2) is 10.5. The van der Waals surface area contributed by atoms with Crippen LogP contribution in [0, 0.1) is 0 Å². The summed E-state index contributed by atoms with van der Waals surface area (Å²) in [7, 11) is 0. The summed E-state index contributed by atoms with van der Waals surface area (Å²) in [6.07, 6.45) is 2.99. The lowest BCUT2D eigenvalue weighted by atomic mass is 10.1. The van der Waals surface area contributed by atoms with E-state index >= 15 is 0 Å². The Kier molecular flexibility index (Phi) is 9.00. The number of rotatable bonds is 8. The zero-order valence-electron chi connectivity index (χ0n) is 13.8. The molecule has 7 heteroatoms. The van der Waals surface area contributed by atoms with Crippen molar-refractivity contribution in [2.24, 2.45) is 0 Å². The first-order valence-electron chi connectivity index (χ1n) is 8.14. The number of hydrogen-bond donors (Lipinski definition) is 1. The number of halogens is 3. The Morgan fingerprint density at radius 1 is 1.38 bits per heavy atom. The molecular weight excluding hydrogens is 338 g/mol. The monoisotopic (exact) mass is 362 g/mol. The van der Waals surface area contributed by atoms with Crippen molar-refractivity contribution in [2.75, 3.05) is 19.6 Å². The van der Waals surface area contributed by atoms with Crippen molar-refractivity contribution in [1.82, 2.24) is 10.2 Å². The molecule has 0 spiro atoms. The van der Waals surface area contributed by atoms with Crippen LogP contribution in [0.25, 0.3) is 0 Å². The molecule has 0 saturated carbocycles. The van der Waals surface area contributed by atoms with Gasteiger partial charge in [0.15, 0.2) is 0 Å². The van der Waals surface area contributed by atoms with Crippen molar-refractivity contribution in [3.05, 3.63) is 29.8 Å². The number of ether oxygens (including phenoxy) is 1. The van der Waals surface area contributed by atoms with Gasteiger partial charge in [0.05, 0.1) is 0 Å². The molecule has 1 unspecified atom stereocenters. The van der Waals surface area contributed by atoms with Gasteiger partial charge in [-0.25, -0.2) is 0 Å². The summed E-state index contributed by atoms with van der Waals surface area (Å²) in [5.41, 5.74) is 0.945. The molecule has 1 saturated heterocycles. The lowest BCUT2D eigenvalue weighted by Crippen LogP contribution is -2.42. The molecule has 4 nitrogen and oxygen atoms in total. The van der Waals surface area contributed by atoms with Crippen molar-refractivity contribution < 1.29 is 18.3 Å². The Bertz CT molecular complexity index is 494. The average Bonchev–Trinajstić information content (AvgIpc) is 3.05. The molecule has 2 rings (SSSR count). The maximum Gasteiger partial charge on any atom is 0.387 e. The molecule has 1 aromatic rings. The van der Waals surface area contributed by atoms with Crippen LogP contribution in [0.2, 0.25) is 0 Å². The Hall–Kier alpha value is -1.40. The molecule has 1 N–H and O–H groups in total. The number of carbonyl (C=O) groups excluding carboxylic acids is 1. The molecular formula is C17H25ClF2N2O2. The summed E-state index contributed by atoms with van der Waals surface area (Å²) in [4.78, 5) is 14.5. The molecule has 136 valence electrons. The normalized spacial score (nSPS) is 16.8.